The predicted octanol–water partition coefficient (Wildman–Crippen LogP) is 1.16. The molecule has 2 aromatic heterocycles. The van der Waals surface area contributed by atoms with E-state index in [2.05, 4.69) is 15.1 Å². The molecule has 2 N–H and O–H groups in total. The molecule has 84 valence electrons. The Balaban J connectivity index is 2.42. The zero-order chi connectivity index (χ0) is 11.5. The van der Waals surface area contributed by atoms with Crippen molar-refractivity contribution in [3.8, 4) is 17.2 Å². The number of pyridine rings is 1. The van der Waals surface area contributed by atoms with Crippen LogP contribution in [-0.4, -0.2) is 22.2 Å². The molecular weight excluding hydrogens is 208 g/mol. The fraction of sp³-hybridized carbons (Fsp3) is 0.300. The fourth-order valence-electron chi connectivity index (χ4n) is 1.25. The lowest BCUT2D eigenvalue weighted by Gasteiger charge is -2.02. The Labute approximate surface area is 92.4 Å². The van der Waals surface area contributed by atoms with Crippen LogP contribution >= 0.6 is 0 Å². The highest BCUT2D eigenvalue weighted by molar-refractivity contribution is 5.61. The van der Waals surface area contributed by atoms with Crippen molar-refractivity contribution in [2.75, 3.05) is 7.11 Å². The molecule has 0 amide bonds. The van der Waals surface area contributed by atoms with Crippen molar-refractivity contribution in [2.45, 2.75) is 13.0 Å². The second-order valence-corrected chi connectivity index (χ2v) is 3.32. The van der Waals surface area contributed by atoms with Gasteiger partial charge in [0.1, 0.15) is 5.75 Å². The van der Waals surface area contributed by atoms with Crippen molar-refractivity contribution in [1.29, 1.82) is 0 Å². The summed E-state index contributed by atoms with van der Waals surface area (Å²) in [6, 6.07) is 1.49. The summed E-state index contributed by atoms with van der Waals surface area (Å²) in [5.74, 6) is 1.43. The summed E-state index contributed by atoms with van der Waals surface area (Å²) in [5.41, 5.74) is 6.35. The van der Waals surface area contributed by atoms with E-state index >= 15 is 0 Å². The van der Waals surface area contributed by atoms with E-state index < -0.39 is 0 Å². The minimum atomic E-state index is -0.259. The summed E-state index contributed by atoms with van der Waals surface area (Å²) >= 11 is 0. The van der Waals surface area contributed by atoms with Gasteiger partial charge in [0.05, 0.1) is 24.9 Å². The number of rotatable bonds is 3. The molecule has 2 heterocycles. The highest BCUT2D eigenvalue weighted by Crippen LogP contribution is 2.27. The zero-order valence-corrected chi connectivity index (χ0v) is 9.04. The average Bonchev–Trinajstić information content (AvgIpc) is 2.78. The lowest BCUT2D eigenvalue weighted by molar-refractivity contribution is 0.400. The van der Waals surface area contributed by atoms with Crippen molar-refractivity contribution in [3.05, 3.63) is 24.3 Å². The maximum Gasteiger partial charge on any atom is 0.261 e. The SMILES string of the molecule is COc1cnccc1-c1nc(C(C)N)no1. The molecule has 1 atom stereocenters. The number of ether oxygens (including phenoxy) is 1. The number of nitrogens with two attached hydrogens (primary N) is 1. The van der Waals surface area contributed by atoms with Gasteiger partial charge in [-0.25, -0.2) is 0 Å². The molecule has 0 aliphatic heterocycles. The van der Waals surface area contributed by atoms with E-state index in [1.54, 1.807) is 32.5 Å². The molecule has 2 aromatic rings. The summed E-state index contributed by atoms with van der Waals surface area (Å²) < 4.78 is 10.3. The van der Waals surface area contributed by atoms with E-state index in [4.69, 9.17) is 15.0 Å². The quantitative estimate of drug-likeness (QED) is 0.835. The third-order valence-corrected chi connectivity index (χ3v) is 2.08. The zero-order valence-electron chi connectivity index (χ0n) is 9.04. The molecule has 6 heteroatoms. The van der Waals surface area contributed by atoms with Crippen LogP contribution in [0.4, 0.5) is 0 Å². The van der Waals surface area contributed by atoms with Crippen molar-refractivity contribution in [1.82, 2.24) is 15.1 Å². The Hall–Kier alpha value is -1.95. The summed E-state index contributed by atoms with van der Waals surface area (Å²) in [5, 5.41) is 3.78. The number of aromatic nitrogens is 3. The first-order valence-electron chi connectivity index (χ1n) is 4.80. The van der Waals surface area contributed by atoms with Gasteiger partial charge in [0, 0.05) is 6.20 Å². The molecule has 2 rings (SSSR count). The van der Waals surface area contributed by atoms with Gasteiger partial charge in [-0.05, 0) is 13.0 Å². The van der Waals surface area contributed by atoms with E-state index in [9.17, 15) is 0 Å². The van der Waals surface area contributed by atoms with Crippen LogP contribution in [-0.2, 0) is 0 Å². The van der Waals surface area contributed by atoms with Crippen LogP contribution in [0.3, 0.4) is 0 Å². The Kier molecular flexibility index (Phi) is 2.82. The second kappa shape index (κ2) is 4.28. The molecule has 0 saturated heterocycles. The monoisotopic (exact) mass is 220 g/mol. The molecule has 0 bridgehead atoms. The summed E-state index contributed by atoms with van der Waals surface area (Å²) in [6.45, 7) is 1.79. The molecular formula is C10H12N4O2. The van der Waals surface area contributed by atoms with Gasteiger partial charge >= 0.3 is 0 Å². The Morgan fingerprint density at radius 3 is 2.94 bits per heavy atom. The number of hydrogen-bond acceptors (Lipinski definition) is 6. The van der Waals surface area contributed by atoms with Gasteiger partial charge in [0.15, 0.2) is 5.82 Å². The van der Waals surface area contributed by atoms with Crippen molar-refractivity contribution < 1.29 is 9.26 Å². The normalized spacial score (nSPS) is 12.4. The van der Waals surface area contributed by atoms with Crippen LogP contribution in [0.2, 0.25) is 0 Å². The summed E-state index contributed by atoms with van der Waals surface area (Å²) in [6.07, 6.45) is 3.22. The van der Waals surface area contributed by atoms with Gasteiger partial charge < -0.3 is 15.0 Å². The van der Waals surface area contributed by atoms with E-state index in [-0.39, 0.29) is 6.04 Å². The number of hydrogen-bond donors (Lipinski definition) is 1. The van der Waals surface area contributed by atoms with Crippen LogP contribution in [0.1, 0.15) is 18.8 Å². The Morgan fingerprint density at radius 2 is 2.31 bits per heavy atom. The van der Waals surface area contributed by atoms with E-state index in [1.165, 1.54) is 0 Å². The third-order valence-electron chi connectivity index (χ3n) is 2.08. The topological polar surface area (TPSA) is 87.1 Å². The second-order valence-electron chi connectivity index (χ2n) is 3.32. The third kappa shape index (κ3) is 1.87. The minimum absolute atomic E-state index is 0.259. The van der Waals surface area contributed by atoms with Crippen LogP contribution in [0.5, 0.6) is 5.75 Å². The van der Waals surface area contributed by atoms with Crippen LogP contribution in [0.15, 0.2) is 23.0 Å². The molecule has 0 spiro atoms. The molecule has 0 aliphatic rings. The largest absolute Gasteiger partial charge is 0.494 e. The first-order chi connectivity index (χ1) is 7.72. The van der Waals surface area contributed by atoms with Crippen molar-refractivity contribution >= 4 is 0 Å². The first-order valence-corrected chi connectivity index (χ1v) is 4.80. The van der Waals surface area contributed by atoms with Gasteiger partial charge in [-0.15, -0.1) is 0 Å². The predicted molar refractivity (Wildman–Crippen MR) is 56.7 cm³/mol. The van der Waals surface area contributed by atoms with Gasteiger partial charge in [-0.1, -0.05) is 5.16 Å². The summed E-state index contributed by atoms with van der Waals surface area (Å²) in [4.78, 5) is 8.12. The molecule has 0 saturated carbocycles. The fourth-order valence-corrected chi connectivity index (χ4v) is 1.25. The first kappa shape index (κ1) is 10.6. The molecule has 0 aliphatic carbocycles. The molecule has 0 aromatic carbocycles. The maximum atomic E-state index is 5.65. The smallest absolute Gasteiger partial charge is 0.261 e. The van der Waals surface area contributed by atoms with Gasteiger partial charge in [0.2, 0.25) is 0 Å². The highest BCUT2D eigenvalue weighted by Gasteiger charge is 2.15. The lowest BCUT2D eigenvalue weighted by Crippen LogP contribution is -2.06. The van der Waals surface area contributed by atoms with Crippen LogP contribution < -0.4 is 10.5 Å². The van der Waals surface area contributed by atoms with E-state index in [1.807, 2.05) is 0 Å². The van der Waals surface area contributed by atoms with Crippen LogP contribution in [0, 0.1) is 0 Å². The molecule has 1 unspecified atom stereocenters. The maximum absolute atomic E-state index is 5.65. The Bertz CT molecular complexity index is 481. The molecule has 6 nitrogen and oxygen atoms in total. The van der Waals surface area contributed by atoms with Crippen LogP contribution in [0.25, 0.3) is 11.5 Å². The molecule has 0 fully saturated rings. The summed E-state index contributed by atoms with van der Waals surface area (Å²) in [7, 11) is 1.56. The number of nitrogens with zero attached hydrogens (tertiary/aromatic N) is 3. The minimum Gasteiger partial charge on any atom is -0.494 e. The number of methoxy groups -OCH3 is 1. The van der Waals surface area contributed by atoms with Gasteiger partial charge in [-0.2, -0.15) is 4.98 Å². The highest BCUT2D eigenvalue weighted by atomic mass is 16.5. The molecule has 0 radical (unpaired) electrons. The Morgan fingerprint density at radius 1 is 1.50 bits per heavy atom. The van der Waals surface area contributed by atoms with E-state index in [0.29, 0.717) is 23.0 Å². The van der Waals surface area contributed by atoms with Crippen molar-refractivity contribution in [3.63, 3.8) is 0 Å². The standard InChI is InChI=1S/C10H12N4O2/c1-6(11)9-13-10(16-14-9)7-3-4-12-5-8(7)15-2/h3-6H,11H2,1-2H3. The van der Waals surface area contributed by atoms with E-state index in [0.717, 1.165) is 0 Å². The lowest BCUT2D eigenvalue weighted by atomic mass is 10.2. The average molecular weight is 220 g/mol. The van der Waals surface area contributed by atoms with Gasteiger partial charge in [0.25, 0.3) is 5.89 Å². The molecule has 16 heavy (non-hydrogen) atoms. The van der Waals surface area contributed by atoms with Gasteiger partial charge in [-0.3, -0.25) is 4.98 Å². The van der Waals surface area contributed by atoms with Crippen molar-refractivity contribution in [2.24, 2.45) is 5.73 Å².